The summed E-state index contributed by atoms with van der Waals surface area (Å²) in [5, 5.41) is 6.09. The van der Waals surface area contributed by atoms with Crippen LogP contribution in [0.2, 0.25) is 10.0 Å². The molecule has 0 bridgehead atoms. The molecule has 236 valence electrons. The van der Waals surface area contributed by atoms with Crippen LogP contribution in [0.5, 0.6) is 0 Å². The molecular formula is C33H38Cl2N2O7. The Morgan fingerprint density at radius 1 is 0.955 bits per heavy atom. The molecule has 9 nitrogen and oxygen atoms in total. The largest absolute Gasteiger partial charge is 0.459 e. The van der Waals surface area contributed by atoms with Crippen LogP contribution in [-0.2, 0) is 39.8 Å². The molecule has 2 aliphatic heterocycles. The molecule has 0 spiro atoms. The van der Waals surface area contributed by atoms with Gasteiger partial charge in [0.1, 0.15) is 18.2 Å². The normalized spacial score (nSPS) is 26.6. The maximum Gasteiger partial charge on any atom is 0.347 e. The predicted molar refractivity (Wildman–Crippen MR) is 166 cm³/mol. The number of carbonyl (C=O) groups excluding carboxylic acids is 4. The molecule has 0 aromatic heterocycles. The second kappa shape index (κ2) is 15.5. The quantitative estimate of drug-likeness (QED) is 0.316. The fourth-order valence-corrected chi connectivity index (χ4v) is 5.45. The SMILES string of the molecule is CC(C)C[C@@H]1OC(=O)CCNC(=O)[C@@H](Cc2ccc(Cl)c(Cl)c2)NC(=O)/C=C/C[C@@H]([C@H](C)[C@H]2O[C@@H]2c2ccccc2)OC1=O. The standard InChI is InChI=1S/C33H38Cl2N2O7/c1-19(2)16-27-33(41)43-26(20(3)30-31(44-30)22-8-5-4-6-9-22)10-7-11-28(38)37-25(32(40)36-15-14-29(39)42-27)18-21-12-13-23(34)24(35)17-21/h4-9,11-13,17,19-20,25-27,30-31H,10,14-16,18H2,1-3H3,(H,36,40)(H,37,38)/b11-7+/t20-,25+,26-,27-,30+,31+/m0/s1. The Bertz CT molecular complexity index is 1370. The molecule has 2 amide bonds. The average molecular weight is 646 g/mol. The van der Waals surface area contributed by atoms with Gasteiger partial charge in [-0.25, -0.2) is 4.79 Å². The Hall–Kier alpha value is -3.40. The summed E-state index contributed by atoms with van der Waals surface area (Å²) in [7, 11) is 0. The van der Waals surface area contributed by atoms with E-state index in [0.29, 0.717) is 15.6 Å². The van der Waals surface area contributed by atoms with E-state index in [1.165, 1.54) is 6.08 Å². The van der Waals surface area contributed by atoms with Crippen molar-refractivity contribution in [1.29, 1.82) is 0 Å². The first-order valence-corrected chi connectivity index (χ1v) is 15.6. The Morgan fingerprint density at radius 2 is 1.70 bits per heavy atom. The summed E-state index contributed by atoms with van der Waals surface area (Å²) in [6, 6.07) is 13.8. The fourth-order valence-electron chi connectivity index (χ4n) is 5.13. The number of cyclic esters (lactones) is 2. The van der Waals surface area contributed by atoms with Crippen molar-refractivity contribution < 1.29 is 33.4 Å². The molecule has 2 aliphatic rings. The summed E-state index contributed by atoms with van der Waals surface area (Å²) in [4.78, 5) is 52.1. The van der Waals surface area contributed by atoms with Gasteiger partial charge in [0.2, 0.25) is 11.8 Å². The lowest BCUT2D eigenvalue weighted by Gasteiger charge is -2.26. The monoisotopic (exact) mass is 644 g/mol. The number of hydrogen-bond donors (Lipinski definition) is 2. The van der Waals surface area contributed by atoms with Gasteiger partial charge in [-0.2, -0.15) is 0 Å². The molecule has 2 aromatic rings. The zero-order valence-electron chi connectivity index (χ0n) is 25.0. The summed E-state index contributed by atoms with van der Waals surface area (Å²) < 4.78 is 17.5. The molecule has 4 rings (SSSR count). The van der Waals surface area contributed by atoms with Crippen LogP contribution in [0.3, 0.4) is 0 Å². The molecular weight excluding hydrogens is 607 g/mol. The van der Waals surface area contributed by atoms with E-state index in [9.17, 15) is 19.2 Å². The topological polar surface area (TPSA) is 123 Å². The van der Waals surface area contributed by atoms with Gasteiger partial charge in [-0.15, -0.1) is 0 Å². The van der Waals surface area contributed by atoms with Gasteiger partial charge in [-0.3, -0.25) is 14.4 Å². The highest BCUT2D eigenvalue weighted by atomic mass is 35.5. The lowest BCUT2D eigenvalue weighted by Crippen LogP contribution is -2.48. The third-order valence-electron chi connectivity index (χ3n) is 7.57. The van der Waals surface area contributed by atoms with Crippen molar-refractivity contribution in [3.63, 3.8) is 0 Å². The highest BCUT2D eigenvalue weighted by Crippen LogP contribution is 2.45. The summed E-state index contributed by atoms with van der Waals surface area (Å²) in [6.45, 7) is 5.71. The average Bonchev–Trinajstić information content (AvgIpc) is 3.78. The molecule has 0 aliphatic carbocycles. The molecule has 2 N–H and O–H groups in total. The van der Waals surface area contributed by atoms with Gasteiger partial charge in [0, 0.05) is 25.3 Å². The minimum Gasteiger partial charge on any atom is -0.459 e. The summed E-state index contributed by atoms with van der Waals surface area (Å²) in [5.41, 5.74) is 1.71. The van der Waals surface area contributed by atoms with Crippen molar-refractivity contribution in [3.8, 4) is 0 Å². The van der Waals surface area contributed by atoms with Crippen LogP contribution in [0, 0.1) is 11.8 Å². The molecule has 2 heterocycles. The molecule has 6 atom stereocenters. The Labute approximate surface area is 267 Å². The minimum absolute atomic E-state index is 0.0430. The molecule has 11 heteroatoms. The maximum absolute atomic E-state index is 13.3. The van der Waals surface area contributed by atoms with Crippen LogP contribution >= 0.6 is 23.2 Å². The molecule has 1 saturated heterocycles. The number of ether oxygens (including phenoxy) is 3. The molecule has 0 saturated carbocycles. The van der Waals surface area contributed by atoms with Gasteiger partial charge in [-0.05, 0) is 41.7 Å². The van der Waals surface area contributed by atoms with Crippen LogP contribution in [0.1, 0.15) is 57.3 Å². The summed E-state index contributed by atoms with van der Waals surface area (Å²) in [6.07, 6.45) is 1.26. The fraction of sp³-hybridized carbons (Fsp3) is 0.455. The predicted octanol–water partition coefficient (Wildman–Crippen LogP) is 5.13. The first-order chi connectivity index (χ1) is 21.0. The van der Waals surface area contributed by atoms with Gasteiger partial charge in [-0.1, -0.05) is 86.4 Å². The van der Waals surface area contributed by atoms with Crippen molar-refractivity contribution in [1.82, 2.24) is 10.6 Å². The van der Waals surface area contributed by atoms with Crippen LogP contribution in [-0.4, -0.2) is 54.7 Å². The summed E-state index contributed by atoms with van der Waals surface area (Å²) >= 11 is 12.2. The second-order valence-corrected chi connectivity index (χ2v) is 12.4. The number of nitrogens with one attached hydrogen (secondary N) is 2. The lowest BCUT2D eigenvalue weighted by molar-refractivity contribution is -0.174. The van der Waals surface area contributed by atoms with Gasteiger partial charge in [0.15, 0.2) is 6.10 Å². The first kappa shape index (κ1) is 33.5. The Kier molecular flexibility index (Phi) is 11.8. The zero-order valence-corrected chi connectivity index (χ0v) is 26.5. The number of epoxide rings is 1. The van der Waals surface area contributed by atoms with E-state index >= 15 is 0 Å². The number of esters is 2. The molecule has 2 aromatic carbocycles. The lowest BCUT2D eigenvalue weighted by atomic mass is 9.93. The van der Waals surface area contributed by atoms with E-state index in [1.807, 2.05) is 51.1 Å². The highest BCUT2D eigenvalue weighted by Gasteiger charge is 2.47. The van der Waals surface area contributed by atoms with Crippen molar-refractivity contribution in [2.45, 2.75) is 76.9 Å². The number of amides is 2. The third kappa shape index (κ3) is 9.55. The second-order valence-electron chi connectivity index (χ2n) is 11.6. The van der Waals surface area contributed by atoms with Crippen LogP contribution in [0.4, 0.5) is 0 Å². The molecule has 0 radical (unpaired) electrons. The van der Waals surface area contributed by atoms with Crippen molar-refractivity contribution in [2.24, 2.45) is 11.8 Å². The molecule has 44 heavy (non-hydrogen) atoms. The van der Waals surface area contributed by atoms with Crippen LogP contribution in [0.15, 0.2) is 60.7 Å². The van der Waals surface area contributed by atoms with E-state index in [1.54, 1.807) is 24.3 Å². The summed E-state index contributed by atoms with van der Waals surface area (Å²) in [5.74, 6) is -2.49. The van der Waals surface area contributed by atoms with E-state index in [0.717, 1.165) is 5.56 Å². The zero-order chi connectivity index (χ0) is 31.8. The van der Waals surface area contributed by atoms with Crippen LogP contribution in [0.25, 0.3) is 0 Å². The third-order valence-corrected chi connectivity index (χ3v) is 8.31. The van der Waals surface area contributed by atoms with Gasteiger partial charge in [0.05, 0.1) is 22.6 Å². The van der Waals surface area contributed by atoms with Crippen molar-refractivity contribution in [3.05, 3.63) is 81.9 Å². The number of hydrogen-bond acceptors (Lipinski definition) is 7. The smallest absolute Gasteiger partial charge is 0.347 e. The van der Waals surface area contributed by atoms with Crippen molar-refractivity contribution >= 4 is 47.0 Å². The number of benzene rings is 2. The van der Waals surface area contributed by atoms with Gasteiger partial charge >= 0.3 is 11.9 Å². The highest BCUT2D eigenvalue weighted by molar-refractivity contribution is 6.42. The maximum atomic E-state index is 13.3. The number of carbonyl (C=O) groups is 4. The van der Waals surface area contributed by atoms with E-state index < -0.39 is 42.0 Å². The van der Waals surface area contributed by atoms with Gasteiger partial charge in [0.25, 0.3) is 0 Å². The van der Waals surface area contributed by atoms with E-state index in [2.05, 4.69) is 10.6 Å². The van der Waals surface area contributed by atoms with E-state index in [4.69, 9.17) is 37.4 Å². The first-order valence-electron chi connectivity index (χ1n) is 14.8. The van der Waals surface area contributed by atoms with Crippen LogP contribution < -0.4 is 10.6 Å². The van der Waals surface area contributed by atoms with E-state index in [-0.39, 0.29) is 56.3 Å². The molecule has 0 unspecified atom stereocenters. The molecule has 1 fully saturated rings. The van der Waals surface area contributed by atoms with Crippen molar-refractivity contribution in [2.75, 3.05) is 6.54 Å². The minimum atomic E-state index is -1.11. The Morgan fingerprint density at radius 3 is 2.41 bits per heavy atom. The number of halogens is 2. The van der Waals surface area contributed by atoms with Gasteiger partial charge < -0.3 is 24.8 Å². The number of rotatable bonds is 7. The Balaban J connectivity index is 1.55.